The molecule has 0 bridgehead atoms. The molecule has 2 atom stereocenters. The van der Waals surface area contributed by atoms with Gasteiger partial charge in [-0.05, 0) is 35.4 Å². The molecule has 2 aromatic carbocycles. The lowest BCUT2D eigenvalue weighted by Gasteiger charge is -2.28. The number of carbonyl (C=O) groups is 1. The van der Waals surface area contributed by atoms with E-state index in [-0.39, 0.29) is 22.8 Å². The maximum absolute atomic E-state index is 13.2. The number of hydrogen-bond acceptors (Lipinski definition) is 6. The fraction of sp³-hybridized carbons (Fsp3) is 0.158. The lowest BCUT2D eigenvalue weighted by atomic mass is 10.1. The predicted molar refractivity (Wildman–Crippen MR) is 101 cm³/mol. The minimum Gasteiger partial charge on any atom is -0.348 e. The number of H-pyrrole nitrogens is 1. The van der Waals surface area contributed by atoms with E-state index in [1.807, 2.05) is 0 Å². The van der Waals surface area contributed by atoms with Gasteiger partial charge in [-0.15, -0.1) is 0 Å². The van der Waals surface area contributed by atoms with Crippen molar-refractivity contribution in [3.05, 3.63) is 72.1 Å². The van der Waals surface area contributed by atoms with Crippen LogP contribution in [-0.2, 0) is 21.1 Å². The van der Waals surface area contributed by atoms with Crippen LogP contribution in [0.3, 0.4) is 0 Å². The average Bonchev–Trinajstić information content (AvgIpc) is 3.21. The van der Waals surface area contributed by atoms with E-state index in [1.54, 1.807) is 29.7 Å². The van der Waals surface area contributed by atoms with Gasteiger partial charge in [-0.25, -0.2) is 23.3 Å². The van der Waals surface area contributed by atoms with Crippen LogP contribution in [0.25, 0.3) is 11.1 Å². The molecule has 150 valence electrons. The summed E-state index contributed by atoms with van der Waals surface area (Å²) in [6.45, 7) is 0. The predicted octanol–water partition coefficient (Wildman–Crippen LogP) is 1.71. The van der Waals surface area contributed by atoms with Crippen molar-refractivity contribution in [1.29, 1.82) is 0 Å². The number of hydrogen-bond donors (Lipinski definition) is 4. The van der Waals surface area contributed by atoms with Gasteiger partial charge in [-0.1, -0.05) is 24.3 Å². The van der Waals surface area contributed by atoms with Gasteiger partial charge >= 0.3 is 0 Å². The van der Waals surface area contributed by atoms with Crippen LogP contribution in [0.15, 0.2) is 59.8 Å². The third-order valence-corrected chi connectivity index (χ3v) is 6.77. The molecular formula is C19H17FN4O4S. The number of amides is 1. The Hall–Kier alpha value is -3.08. The van der Waals surface area contributed by atoms with Crippen LogP contribution in [0.4, 0.5) is 4.39 Å². The Morgan fingerprint density at radius 3 is 2.34 bits per heavy atom. The largest absolute Gasteiger partial charge is 0.348 e. The van der Waals surface area contributed by atoms with Crippen LogP contribution in [0, 0.1) is 5.82 Å². The summed E-state index contributed by atoms with van der Waals surface area (Å²) in [7, 11) is -3.94. The van der Waals surface area contributed by atoms with E-state index in [2.05, 4.69) is 15.3 Å². The molecule has 0 spiro atoms. The smallest absolute Gasteiger partial charge is 0.260 e. The monoisotopic (exact) mass is 416 g/mol. The molecule has 1 aromatic heterocycles. The van der Waals surface area contributed by atoms with Crippen LogP contribution >= 0.6 is 0 Å². The number of rotatable bonds is 4. The van der Waals surface area contributed by atoms with Crippen molar-refractivity contribution in [3.8, 4) is 11.1 Å². The lowest BCUT2D eigenvalue weighted by Crippen LogP contribution is -2.50. The van der Waals surface area contributed by atoms with Gasteiger partial charge in [0, 0.05) is 12.1 Å². The van der Waals surface area contributed by atoms with Crippen LogP contribution in [0.5, 0.6) is 0 Å². The molecule has 4 rings (SSSR count). The Bertz CT molecular complexity index is 1140. The van der Waals surface area contributed by atoms with Crippen LogP contribution in [0.2, 0.25) is 0 Å². The van der Waals surface area contributed by atoms with Crippen molar-refractivity contribution in [2.45, 2.75) is 22.7 Å². The Labute approximate surface area is 165 Å². The zero-order chi connectivity index (χ0) is 20.6. The number of hydroxylamine groups is 1. The summed E-state index contributed by atoms with van der Waals surface area (Å²) >= 11 is 0. The van der Waals surface area contributed by atoms with Gasteiger partial charge in [0.25, 0.3) is 5.91 Å². The van der Waals surface area contributed by atoms with Gasteiger partial charge in [0.05, 0.1) is 23.0 Å². The SMILES string of the molecule is O=C(NO)C1Cc2[nH]cnc2C(S(=O)(=O)c2ccc(-c3ccc(F)cc3)cc2)N1. The van der Waals surface area contributed by atoms with E-state index in [0.29, 0.717) is 5.69 Å². The van der Waals surface area contributed by atoms with Gasteiger partial charge in [-0.2, -0.15) is 0 Å². The number of aromatic amines is 1. The first-order valence-corrected chi connectivity index (χ1v) is 10.3. The molecule has 0 fully saturated rings. The number of sulfone groups is 1. The standard InChI is InChI=1S/C19H17FN4O4S/c20-13-5-1-11(2-6-13)12-3-7-14(8-4-12)29(27,28)19-17-15(21-10-22-17)9-16(23-19)18(25)24-26/h1-8,10,16,19,23,26H,9H2,(H,21,22)(H,24,25). The molecule has 8 nitrogen and oxygen atoms in total. The van der Waals surface area contributed by atoms with E-state index in [1.165, 1.54) is 30.6 Å². The molecule has 0 aliphatic carbocycles. The second-order valence-corrected chi connectivity index (χ2v) is 8.65. The van der Waals surface area contributed by atoms with Crippen molar-refractivity contribution in [1.82, 2.24) is 20.8 Å². The molecule has 1 aliphatic heterocycles. The molecule has 10 heteroatoms. The average molecular weight is 416 g/mol. The first kappa shape index (κ1) is 19.2. The second-order valence-electron chi connectivity index (χ2n) is 6.62. The van der Waals surface area contributed by atoms with E-state index in [9.17, 15) is 17.6 Å². The molecule has 2 heterocycles. The molecule has 1 amide bonds. The van der Waals surface area contributed by atoms with Gasteiger partial charge in [-0.3, -0.25) is 15.3 Å². The summed E-state index contributed by atoms with van der Waals surface area (Å²) in [5.74, 6) is -1.09. The van der Waals surface area contributed by atoms with Gasteiger partial charge in [0.1, 0.15) is 5.82 Å². The third-order valence-electron chi connectivity index (χ3n) is 4.86. The molecule has 4 N–H and O–H groups in total. The zero-order valence-electron chi connectivity index (χ0n) is 15.0. The fourth-order valence-corrected chi connectivity index (χ4v) is 4.97. The Balaban J connectivity index is 1.67. The van der Waals surface area contributed by atoms with Crippen LogP contribution in [-0.4, -0.2) is 35.5 Å². The fourth-order valence-electron chi connectivity index (χ4n) is 3.34. The lowest BCUT2D eigenvalue weighted by molar-refractivity contribution is -0.131. The van der Waals surface area contributed by atoms with E-state index in [4.69, 9.17) is 5.21 Å². The highest BCUT2D eigenvalue weighted by Crippen LogP contribution is 2.32. The van der Waals surface area contributed by atoms with Crippen LogP contribution < -0.4 is 10.8 Å². The molecule has 0 saturated carbocycles. The number of fused-ring (bicyclic) bond motifs is 1. The Morgan fingerprint density at radius 2 is 1.72 bits per heavy atom. The summed E-state index contributed by atoms with van der Waals surface area (Å²) in [4.78, 5) is 18.8. The quantitative estimate of drug-likeness (QED) is 0.379. The van der Waals surface area contributed by atoms with Gasteiger partial charge < -0.3 is 4.98 Å². The summed E-state index contributed by atoms with van der Waals surface area (Å²) in [6, 6.07) is 11.1. The summed E-state index contributed by atoms with van der Waals surface area (Å²) in [6.07, 6.45) is 1.53. The number of aromatic nitrogens is 2. The minimum atomic E-state index is -3.94. The van der Waals surface area contributed by atoms with Crippen molar-refractivity contribution in [2.75, 3.05) is 0 Å². The maximum Gasteiger partial charge on any atom is 0.260 e. The maximum atomic E-state index is 13.2. The second kappa shape index (κ2) is 7.39. The van der Waals surface area contributed by atoms with Crippen molar-refractivity contribution >= 4 is 15.7 Å². The van der Waals surface area contributed by atoms with E-state index < -0.39 is 27.2 Å². The van der Waals surface area contributed by atoms with Crippen LogP contribution in [0.1, 0.15) is 16.8 Å². The Morgan fingerprint density at radius 1 is 1.10 bits per heavy atom. The number of nitrogens with zero attached hydrogens (tertiary/aromatic N) is 1. The number of carbonyl (C=O) groups excluding carboxylic acids is 1. The topological polar surface area (TPSA) is 124 Å². The van der Waals surface area contributed by atoms with Gasteiger partial charge in [0.15, 0.2) is 15.2 Å². The molecular weight excluding hydrogens is 399 g/mol. The highest BCUT2D eigenvalue weighted by atomic mass is 32.2. The third kappa shape index (κ3) is 3.53. The molecule has 1 aliphatic rings. The summed E-state index contributed by atoms with van der Waals surface area (Å²) in [5, 5.41) is 10.4. The van der Waals surface area contributed by atoms with Crippen molar-refractivity contribution in [3.63, 3.8) is 0 Å². The Kier molecular flexibility index (Phi) is 4.91. The molecule has 0 radical (unpaired) electrons. The first-order valence-electron chi connectivity index (χ1n) is 8.72. The summed E-state index contributed by atoms with van der Waals surface area (Å²) in [5.41, 5.74) is 3.82. The molecule has 3 aromatic rings. The van der Waals surface area contributed by atoms with Crippen molar-refractivity contribution < 1.29 is 22.8 Å². The minimum absolute atomic E-state index is 0.0415. The molecule has 0 saturated heterocycles. The highest BCUT2D eigenvalue weighted by Gasteiger charge is 2.40. The first-order chi connectivity index (χ1) is 13.9. The highest BCUT2D eigenvalue weighted by molar-refractivity contribution is 7.91. The number of benzene rings is 2. The van der Waals surface area contributed by atoms with Crippen molar-refractivity contribution in [2.24, 2.45) is 0 Å². The van der Waals surface area contributed by atoms with Gasteiger partial charge in [0.2, 0.25) is 0 Å². The van der Waals surface area contributed by atoms with E-state index in [0.717, 1.165) is 11.1 Å². The number of imidazole rings is 1. The zero-order valence-corrected chi connectivity index (χ0v) is 15.8. The number of halogens is 1. The molecule has 29 heavy (non-hydrogen) atoms. The summed E-state index contributed by atoms with van der Waals surface area (Å²) < 4.78 is 39.6. The number of nitrogens with one attached hydrogen (secondary N) is 3. The normalized spacial score (nSPS) is 18.8. The molecule has 2 unspecified atom stereocenters. The van der Waals surface area contributed by atoms with E-state index >= 15 is 0 Å².